The fourth-order valence-corrected chi connectivity index (χ4v) is 1.68. The summed E-state index contributed by atoms with van der Waals surface area (Å²) in [6.45, 7) is 0.138. The molecule has 0 saturated heterocycles. The van der Waals surface area contributed by atoms with E-state index in [4.69, 9.17) is 4.74 Å². The largest absolute Gasteiger partial charge is 0.493 e. The van der Waals surface area contributed by atoms with Gasteiger partial charge in [0.25, 0.3) is 0 Å². The highest BCUT2D eigenvalue weighted by Gasteiger charge is 2.36. The van der Waals surface area contributed by atoms with E-state index in [0.29, 0.717) is 11.3 Å². The van der Waals surface area contributed by atoms with Crippen LogP contribution in [0, 0.1) is 0 Å². The molecule has 1 aliphatic heterocycles. The molecule has 1 aromatic rings. The quantitative estimate of drug-likeness (QED) is 0.679. The molecule has 76 valence electrons. The number of fused-ring (bicyclic) bond motifs is 1. The Labute approximate surface area is 79.5 Å². The van der Waals surface area contributed by atoms with Gasteiger partial charge in [0.2, 0.25) is 0 Å². The summed E-state index contributed by atoms with van der Waals surface area (Å²) in [6, 6.07) is 6.89. The highest BCUT2D eigenvalue weighted by molar-refractivity contribution is 5.39. The van der Waals surface area contributed by atoms with Gasteiger partial charge in [-0.25, -0.2) is 0 Å². The summed E-state index contributed by atoms with van der Waals surface area (Å²) in [7, 11) is 0. The van der Waals surface area contributed by atoms with Gasteiger partial charge in [-0.2, -0.15) is 13.2 Å². The van der Waals surface area contributed by atoms with Crippen molar-refractivity contribution in [3.63, 3.8) is 0 Å². The topological polar surface area (TPSA) is 9.23 Å². The van der Waals surface area contributed by atoms with E-state index in [-0.39, 0.29) is 6.61 Å². The lowest BCUT2D eigenvalue weighted by Crippen LogP contribution is -2.14. The van der Waals surface area contributed by atoms with Crippen LogP contribution in [0.3, 0.4) is 0 Å². The first-order valence-corrected chi connectivity index (χ1v) is 4.35. The van der Waals surface area contributed by atoms with Crippen LogP contribution in [0.1, 0.15) is 17.9 Å². The molecule has 1 atom stereocenters. The zero-order chi connectivity index (χ0) is 10.2. The van der Waals surface area contributed by atoms with E-state index in [1.165, 1.54) is 0 Å². The first kappa shape index (κ1) is 9.37. The molecule has 0 aliphatic carbocycles. The average Bonchev–Trinajstić information content (AvgIpc) is 2.47. The van der Waals surface area contributed by atoms with E-state index < -0.39 is 18.5 Å². The second-order valence-corrected chi connectivity index (χ2v) is 3.37. The molecule has 0 spiro atoms. The van der Waals surface area contributed by atoms with Crippen molar-refractivity contribution in [1.29, 1.82) is 0 Å². The molecule has 1 nitrogen and oxygen atoms in total. The number of alkyl halides is 3. The maximum absolute atomic E-state index is 12.1. The molecule has 1 aromatic carbocycles. The van der Waals surface area contributed by atoms with Crippen LogP contribution in [0.5, 0.6) is 5.75 Å². The summed E-state index contributed by atoms with van der Waals surface area (Å²) < 4.78 is 41.6. The van der Waals surface area contributed by atoms with Crippen molar-refractivity contribution >= 4 is 0 Å². The van der Waals surface area contributed by atoms with Crippen molar-refractivity contribution in [2.75, 3.05) is 6.61 Å². The van der Waals surface area contributed by atoms with Crippen LogP contribution in [0.15, 0.2) is 24.3 Å². The van der Waals surface area contributed by atoms with Crippen molar-refractivity contribution in [3.8, 4) is 5.75 Å². The predicted molar refractivity (Wildman–Crippen MR) is 45.4 cm³/mol. The molecule has 1 heterocycles. The lowest BCUT2D eigenvalue weighted by atomic mass is 9.98. The normalized spacial score (nSPS) is 20.4. The Bertz CT molecular complexity index is 332. The van der Waals surface area contributed by atoms with Crippen molar-refractivity contribution in [1.82, 2.24) is 0 Å². The van der Waals surface area contributed by atoms with Gasteiger partial charge in [0.15, 0.2) is 0 Å². The van der Waals surface area contributed by atoms with Gasteiger partial charge in [-0.1, -0.05) is 18.2 Å². The Morgan fingerprint density at radius 3 is 2.71 bits per heavy atom. The number of ether oxygens (including phenoxy) is 1. The van der Waals surface area contributed by atoms with Crippen LogP contribution in [0.25, 0.3) is 0 Å². The number of benzene rings is 1. The van der Waals surface area contributed by atoms with E-state index in [9.17, 15) is 13.2 Å². The van der Waals surface area contributed by atoms with Crippen molar-refractivity contribution in [3.05, 3.63) is 29.8 Å². The van der Waals surface area contributed by atoms with E-state index >= 15 is 0 Å². The van der Waals surface area contributed by atoms with Crippen LogP contribution in [0.2, 0.25) is 0 Å². The van der Waals surface area contributed by atoms with Gasteiger partial charge in [-0.15, -0.1) is 0 Å². The number of rotatable bonds is 1. The highest BCUT2D eigenvalue weighted by atomic mass is 19.4. The van der Waals surface area contributed by atoms with Crippen LogP contribution < -0.4 is 4.74 Å². The Morgan fingerprint density at radius 2 is 2.00 bits per heavy atom. The molecule has 0 saturated carbocycles. The molecule has 0 N–H and O–H groups in total. The van der Waals surface area contributed by atoms with Gasteiger partial charge >= 0.3 is 6.18 Å². The Kier molecular flexibility index (Phi) is 2.13. The van der Waals surface area contributed by atoms with Gasteiger partial charge in [0.05, 0.1) is 13.0 Å². The molecule has 4 heteroatoms. The average molecular weight is 202 g/mol. The van der Waals surface area contributed by atoms with Crippen molar-refractivity contribution in [2.24, 2.45) is 0 Å². The number of halogens is 3. The van der Waals surface area contributed by atoms with E-state index in [1.54, 1.807) is 24.3 Å². The minimum absolute atomic E-state index is 0.138. The summed E-state index contributed by atoms with van der Waals surface area (Å²) in [5.41, 5.74) is 0.671. The second kappa shape index (κ2) is 3.19. The zero-order valence-corrected chi connectivity index (χ0v) is 7.34. The summed E-state index contributed by atoms with van der Waals surface area (Å²) in [4.78, 5) is 0. The summed E-state index contributed by atoms with van der Waals surface area (Å²) in [5, 5.41) is 0. The van der Waals surface area contributed by atoms with Gasteiger partial charge in [-0.3, -0.25) is 0 Å². The van der Waals surface area contributed by atoms with Crippen molar-refractivity contribution in [2.45, 2.75) is 18.5 Å². The maximum Gasteiger partial charge on any atom is 0.389 e. The molecular formula is C10H9F3O. The SMILES string of the molecule is FC(F)(F)CC1COc2ccccc21. The van der Waals surface area contributed by atoms with E-state index in [0.717, 1.165) is 0 Å². The fraction of sp³-hybridized carbons (Fsp3) is 0.400. The molecule has 0 fully saturated rings. The standard InChI is InChI=1S/C10H9F3O/c11-10(12,13)5-7-6-14-9-4-2-1-3-8(7)9/h1-4,7H,5-6H2. The fourth-order valence-electron chi connectivity index (χ4n) is 1.68. The zero-order valence-electron chi connectivity index (χ0n) is 7.34. The highest BCUT2D eigenvalue weighted by Crippen LogP contribution is 2.39. The first-order chi connectivity index (χ1) is 6.56. The third-order valence-corrected chi connectivity index (χ3v) is 2.28. The van der Waals surface area contributed by atoms with Crippen molar-refractivity contribution < 1.29 is 17.9 Å². The smallest absolute Gasteiger partial charge is 0.389 e. The third-order valence-electron chi connectivity index (χ3n) is 2.28. The summed E-state index contributed by atoms with van der Waals surface area (Å²) in [6.07, 6.45) is -4.92. The third kappa shape index (κ3) is 1.84. The molecule has 0 amide bonds. The summed E-state index contributed by atoms with van der Waals surface area (Å²) >= 11 is 0. The monoisotopic (exact) mass is 202 g/mol. The molecule has 14 heavy (non-hydrogen) atoms. The maximum atomic E-state index is 12.1. The van der Waals surface area contributed by atoms with Crippen LogP contribution in [-0.4, -0.2) is 12.8 Å². The number of hydrogen-bond acceptors (Lipinski definition) is 1. The first-order valence-electron chi connectivity index (χ1n) is 4.35. The van der Waals surface area contributed by atoms with Gasteiger partial charge in [0, 0.05) is 11.5 Å². The molecule has 1 unspecified atom stereocenters. The Morgan fingerprint density at radius 1 is 1.29 bits per heavy atom. The predicted octanol–water partition coefficient (Wildman–Crippen LogP) is 3.12. The summed E-state index contributed by atoms with van der Waals surface area (Å²) in [5.74, 6) is 0.0490. The minimum Gasteiger partial charge on any atom is -0.493 e. The van der Waals surface area contributed by atoms with Gasteiger partial charge in [-0.05, 0) is 6.07 Å². The van der Waals surface area contributed by atoms with Gasteiger partial charge in [0.1, 0.15) is 5.75 Å². The molecule has 0 bridgehead atoms. The number of para-hydroxylation sites is 1. The molecule has 0 aromatic heterocycles. The van der Waals surface area contributed by atoms with Gasteiger partial charge < -0.3 is 4.74 Å². The molecular weight excluding hydrogens is 193 g/mol. The lowest BCUT2D eigenvalue weighted by molar-refractivity contribution is -0.139. The van der Waals surface area contributed by atoms with Crippen LogP contribution >= 0.6 is 0 Å². The Balaban J connectivity index is 2.18. The Hall–Kier alpha value is -1.19. The molecule has 0 radical (unpaired) electrons. The van der Waals surface area contributed by atoms with Crippen LogP contribution in [0.4, 0.5) is 13.2 Å². The number of hydrogen-bond donors (Lipinski definition) is 0. The molecule has 2 rings (SSSR count). The van der Waals surface area contributed by atoms with E-state index in [2.05, 4.69) is 0 Å². The van der Waals surface area contributed by atoms with Crippen LogP contribution in [-0.2, 0) is 0 Å². The lowest BCUT2D eigenvalue weighted by Gasteiger charge is -2.11. The minimum atomic E-state index is -4.12. The second-order valence-electron chi connectivity index (χ2n) is 3.37. The molecule has 1 aliphatic rings. The van der Waals surface area contributed by atoms with E-state index in [1.807, 2.05) is 0 Å².